The minimum absolute atomic E-state index is 0.00993. The zero-order valence-corrected chi connectivity index (χ0v) is 22.3. The van der Waals surface area contributed by atoms with E-state index < -0.39 is 27.5 Å². The number of anilines is 3. The van der Waals surface area contributed by atoms with Gasteiger partial charge in [-0.2, -0.15) is 0 Å². The van der Waals surface area contributed by atoms with Gasteiger partial charge in [0.1, 0.15) is 11.6 Å². The van der Waals surface area contributed by atoms with Crippen molar-refractivity contribution in [3.8, 4) is 11.1 Å². The number of morpholine rings is 1. The topological polar surface area (TPSA) is 86.8 Å². The maximum Gasteiger partial charge on any atom is 0.233 e. The molecule has 5 rings (SSSR count). The Hall–Kier alpha value is -3.35. The van der Waals surface area contributed by atoms with E-state index in [1.165, 1.54) is 0 Å². The van der Waals surface area contributed by atoms with E-state index >= 15 is 0 Å². The second kappa shape index (κ2) is 11.4. The molecule has 3 aromatic rings. The van der Waals surface area contributed by atoms with Crippen LogP contribution in [0.3, 0.4) is 0 Å². The van der Waals surface area contributed by atoms with E-state index in [0.29, 0.717) is 50.4 Å². The Morgan fingerprint density at radius 1 is 1.03 bits per heavy atom. The van der Waals surface area contributed by atoms with Gasteiger partial charge in [0.2, 0.25) is 10.0 Å². The molecular formula is C27H30F3N5O3S. The Bertz CT molecular complexity index is 1450. The number of hydrogen-bond acceptors (Lipinski definition) is 7. The monoisotopic (exact) mass is 561 g/mol. The Balaban J connectivity index is 1.33. The molecule has 8 nitrogen and oxygen atoms in total. The smallest absolute Gasteiger partial charge is 0.233 e. The summed E-state index contributed by atoms with van der Waals surface area (Å²) in [4.78, 5) is 8.51. The molecule has 0 radical (unpaired) electrons. The summed E-state index contributed by atoms with van der Waals surface area (Å²) in [6.07, 6.45) is 1.73. The number of hydrogen-bond donors (Lipinski definition) is 2. The second-order valence-corrected chi connectivity index (χ2v) is 11.5. The van der Waals surface area contributed by atoms with Crippen molar-refractivity contribution in [1.82, 2.24) is 9.88 Å². The average Bonchev–Trinajstić information content (AvgIpc) is 2.92. The first-order chi connectivity index (χ1) is 18.7. The minimum Gasteiger partial charge on any atom is -0.379 e. The lowest BCUT2D eigenvalue weighted by Gasteiger charge is -2.33. The lowest BCUT2D eigenvalue weighted by molar-refractivity contribution is 0.0408. The van der Waals surface area contributed by atoms with Gasteiger partial charge >= 0.3 is 0 Å². The molecule has 0 bridgehead atoms. The maximum absolute atomic E-state index is 14.4. The molecule has 1 saturated heterocycles. The second-order valence-electron chi connectivity index (χ2n) is 9.65. The van der Waals surface area contributed by atoms with Crippen LogP contribution in [0.25, 0.3) is 11.1 Å². The normalized spacial score (nSPS) is 16.1. The quantitative estimate of drug-likeness (QED) is 0.403. The van der Waals surface area contributed by atoms with E-state index in [0.717, 1.165) is 41.5 Å². The number of halogens is 3. The fourth-order valence-corrected chi connectivity index (χ4v) is 5.99. The SMILES string of the molecule is Cc1c(-c2ccc(NS(=O)(=O)CCN3CCOCC3)cc2)cnc2c1N(Cc1cc(F)c(F)cc1F)CCN2. The summed E-state index contributed by atoms with van der Waals surface area (Å²) < 4.78 is 74.7. The summed E-state index contributed by atoms with van der Waals surface area (Å²) in [7, 11) is -3.52. The molecule has 12 heteroatoms. The summed E-state index contributed by atoms with van der Waals surface area (Å²) in [5.74, 6) is -2.51. The van der Waals surface area contributed by atoms with Gasteiger partial charge in [-0.05, 0) is 36.2 Å². The van der Waals surface area contributed by atoms with Crippen LogP contribution in [0.15, 0.2) is 42.6 Å². The molecule has 0 unspecified atom stereocenters. The molecule has 2 aromatic carbocycles. The van der Waals surface area contributed by atoms with Gasteiger partial charge in [0, 0.05) is 68.3 Å². The number of benzene rings is 2. The Morgan fingerprint density at radius 3 is 2.49 bits per heavy atom. The largest absolute Gasteiger partial charge is 0.379 e. The van der Waals surface area contributed by atoms with Crippen LogP contribution >= 0.6 is 0 Å². The molecule has 0 amide bonds. The third-order valence-electron chi connectivity index (χ3n) is 7.00. The molecule has 2 N–H and O–H groups in total. The van der Waals surface area contributed by atoms with E-state index in [1.54, 1.807) is 18.3 Å². The number of nitrogens with one attached hydrogen (secondary N) is 2. The molecule has 39 heavy (non-hydrogen) atoms. The van der Waals surface area contributed by atoms with Gasteiger partial charge in [0.15, 0.2) is 11.6 Å². The molecule has 1 fully saturated rings. The highest BCUT2D eigenvalue weighted by atomic mass is 32.2. The summed E-state index contributed by atoms with van der Waals surface area (Å²) in [5, 5.41) is 3.24. The van der Waals surface area contributed by atoms with Gasteiger partial charge in [-0.25, -0.2) is 26.6 Å². The lowest BCUT2D eigenvalue weighted by atomic mass is 9.99. The predicted octanol–water partition coefficient (Wildman–Crippen LogP) is 3.98. The summed E-state index contributed by atoms with van der Waals surface area (Å²) in [6, 6.07) is 8.48. The van der Waals surface area contributed by atoms with Crippen molar-refractivity contribution in [2.24, 2.45) is 0 Å². The molecule has 208 valence electrons. The van der Waals surface area contributed by atoms with E-state index in [-0.39, 0.29) is 17.9 Å². The van der Waals surface area contributed by atoms with Crippen LogP contribution in [0.5, 0.6) is 0 Å². The van der Waals surface area contributed by atoms with Crippen molar-refractivity contribution in [3.63, 3.8) is 0 Å². The third kappa shape index (κ3) is 6.29. The van der Waals surface area contributed by atoms with Gasteiger partial charge in [-0.3, -0.25) is 9.62 Å². The van der Waals surface area contributed by atoms with Crippen LogP contribution in [-0.4, -0.2) is 70.0 Å². The van der Waals surface area contributed by atoms with Gasteiger partial charge in [0.05, 0.1) is 24.7 Å². The van der Waals surface area contributed by atoms with Crippen molar-refractivity contribution in [2.45, 2.75) is 13.5 Å². The highest BCUT2D eigenvalue weighted by molar-refractivity contribution is 7.92. The van der Waals surface area contributed by atoms with Crippen LogP contribution in [0.4, 0.5) is 30.4 Å². The summed E-state index contributed by atoms with van der Waals surface area (Å²) >= 11 is 0. The number of rotatable bonds is 8. The zero-order valence-electron chi connectivity index (χ0n) is 21.5. The molecule has 1 aromatic heterocycles. The molecule has 0 aliphatic carbocycles. The first-order valence-electron chi connectivity index (χ1n) is 12.7. The van der Waals surface area contributed by atoms with Crippen molar-refractivity contribution in [2.75, 3.05) is 66.6 Å². The lowest BCUT2D eigenvalue weighted by Crippen LogP contribution is -2.39. The fraction of sp³-hybridized carbons (Fsp3) is 0.370. The van der Waals surface area contributed by atoms with Gasteiger partial charge in [-0.1, -0.05) is 12.1 Å². The number of fused-ring (bicyclic) bond motifs is 1. The van der Waals surface area contributed by atoms with E-state index in [1.807, 2.05) is 24.0 Å². The van der Waals surface area contributed by atoms with Crippen LogP contribution in [-0.2, 0) is 21.3 Å². The van der Waals surface area contributed by atoms with E-state index in [2.05, 4.69) is 19.9 Å². The van der Waals surface area contributed by atoms with Gasteiger partial charge < -0.3 is 15.0 Å². The summed E-state index contributed by atoms with van der Waals surface area (Å²) in [6.45, 7) is 6.16. The van der Waals surface area contributed by atoms with Crippen LogP contribution < -0.4 is 14.9 Å². The number of nitrogens with zero attached hydrogens (tertiary/aromatic N) is 3. The predicted molar refractivity (Wildman–Crippen MR) is 145 cm³/mol. The molecule has 0 spiro atoms. The van der Waals surface area contributed by atoms with Crippen LogP contribution in [0.1, 0.15) is 11.1 Å². The average molecular weight is 562 g/mol. The number of pyridine rings is 1. The fourth-order valence-electron chi connectivity index (χ4n) is 4.89. The van der Waals surface area contributed by atoms with Crippen molar-refractivity contribution < 1.29 is 26.3 Å². The van der Waals surface area contributed by atoms with Crippen molar-refractivity contribution >= 4 is 27.2 Å². The Kier molecular flexibility index (Phi) is 7.96. The zero-order chi connectivity index (χ0) is 27.6. The first kappa shape index (κ1) is 27.2. The van der Waals surface area contributed by atoms with Gasteiger partial charge in [0.25, 0.3) is 0 Å². The molecule has 0 atom stereocenters. The minimum atomic E-state index is -3.52. The van der Waals surface area contributed by atoms with E-state index in [4.69, 9.17) is 4.74 Å². The number of aromatic nitrogens is 1. The highest BCUT2D eigenvalue weighted by Crippen LogP contribution is 2.38. The maximum atomic E-state index is 14.4. The number of ether oxygens (including phenoxy) is 1. The van der Waals surface area contributed by atoms with Gasteiger partial charge in [-0.15, -0.1) is 0 Å². The van der Waals surface area contributed by atoms with Crippen LogP contribution in [0, 0.1) is 24.4 Å². The Labute approximate surface area is 225 Å². The third-order valence-corrected chi connectivity index (χ3v) is 8.26. The molecule has 2 aliphatic rings. The van der Waals surface area contributed by atoms with Crippen molar-refractivity contribution in [1.29, 1.82) is 0 Å². The molecular weight excluding hydrogens is 531 g/mol. The number of sulfonamides is 1. The standard InChI is InChI=1S/C27H30F3N5O3S/c1-18-22(19-2-4-21(5-3-19)33-39(36,37)13-10-34-8-11-38-12-9-34)16-32-27-26(18)35(7-6-31-27)17-20-14-24(29)25(30)15-23(20)28/h2-5,14-16,33H,6-13,17H2,1H3,(H,31,32). The molecule has 0 saturated carbocycles. The summed E-state index contributed by atoms with van der Waals surface area (Å²) in [5.41, 5.74) is 3.77. The Morgan fingerprint density at radius 2 is 1.74 bits per heavy atom. The highest BCUT2D eigenvalue weighted by Gasteiger charge is 2.24. The van der Waals surface area contributed by atoms with Crippen LogP contribution in [0.2, 0.25) is 0 Å². The van der Waals surface area contributed by atoms with E-state index in [9.17, 15) is 21.6 Å². The van der Waals surface area contributed by atoms with Crippen molar-refractivity contribution in [3.05, 3.63) is 71.2 Å². The molecule has 3 heterocycles. The first-order valence-corrected chi connectivity index (χ1v) is 14.4. The molecule has 2 aliphatic heterocycles.